The molecule has 128 valence electrons. The first kappa shape index (κ1) is 17.1. The second-order valence-corrected chi connectivity index (χ2v) is 5.76. The molecule has 0 unspecified atom stereocenters. The number of anilines is 4. The van der Waals surface area contributed by atoms with E-state index < -0.39 is 0 Å². The standard InChI is InChI=1S/C20H17N5O/c1-13-11-19(24-18-6-4-3-5-16(18)12-21)25-20(22-13)23-17-9-7-15(8-10-17)14(2)26/h3-11H,1-2H3,(H2,22,23,24,25). The average Bonchev–Trinajstić information content (AvgIpc) is 2.62. The Labute approximate surface area is 151 Å². The Hall–Kier alpha value is -3.72. The molecule has 6 heteroatoms. The molecule has 2 N–H and O–H groups in total. The maximum Gasteiger partial charge on any atom is 0.229 e. The number of nitrogens with one attached hydrogen (secondary N) is 2. The number of rotatable bonds is 5. The van der Waals surface area contributed by atoms with E-state index in [1.165, 1.54) is 6.92 Å². The first-order valence-electron chi connectivity index (χ1n) is 8.05. The highest BCUT2D eigenvalue weighted by Crippen LogP contribution is 2.21. The zero-order chi connectivity index (χ0) is 18.5. The zero-order valence-corrected chi connectivity index (χ0v) is 14.4. The molecule has 0 atom stereocenters. The summed E-state index contributed by atoms with van der Waals surface area (Å²) in [6.45, 7) is 3.40. The Morgan fingerprint density at radius 2 is 1.77 bits per heavy atom. The molecule has 2 aromatic carbocycles. The Kier molecular flexibility index (Phi) is 4.90. The predicted molar refractivity (Wildman–Crippen MR) is 101 cm³/mol. The molecule has 0 aliphatic carbocycles. The van der Waals surface area contributed by atoms with E-state index in [9.17, 15) is 10.1 Å². The molecule has 0 bridgehead atoms. The number of para-hydroxylation sites is 1. The van der Waals surface area contributed by atoms with Crippen molar-refractivity contribution in [3.8, 4) is 6.07 Å². The van der Waals surface area contributed by atoms with Crippen molar-refractivity contribution in [3.05, 3.63) is 71.4 Å². The van der Waals surface area contributed by atoms with Crippen molar-refractivity contribution >= 4 is 28.9 Å². The first-order chi connectivity index (χ1) is 12.5. The lowest BCUT2D eigenvalue weighted by molar-refractivity contribution is 0.101. The number of Topliss-reactive ketones (excluding diaryl/α,β-unsaturated/α-hetero) is 1. The van der Waals surface area contributed by atoms with Gasteiger partial charge in [0.05, 0.1) is 11.3 Å². The van der Waals surface area contributed by atoms with E-state index in [1.54, 1.807) is 36.4 Å². The molecule has 6 nitrogen and oxygen atoms in total. The van der Waals surface area contributed by atoms with E-state index in [-0.39, 0.29) is 5.78 Å². The maximum absolute atomic E-state index is 11.4. The van der Waals surface area contributed by atoms with E-state index in [0.29, 0.717) is 28.6 Å². The summed E-state index contributed by atoms with van der Waals surface area (Å²) < 4.78 is 0. The lowest BCUT2D eigenvalue weighted by atomic mass is 10.1. The summed E-state index contributed by atoms with van der Waals surface area (Å²) in [5, 5.41) is 15.5. The molecule has 3 rings (SSSR count). The normalized spacial score (nSPS) is 10.0. The van der Waals surface area contributed by atoms with Crippen LogP contribution < -0.4 is 10.6 Å². The minimum absolute atomic E-state index is 0.0194. The van der Waals surface area contributed by atoms with Gasteiger partial charge >= 0.3 is 0 Å². The topological polar surface area (TPSA) is 90.7 Å². The summed E-state index contributed by atoms with van der Waals surface area (Å²) in [5.74, 6) is 1.03. The summed E-state index contributed by atoms with van der Waals surface area (Å²) in [4.78, 5) is 20.2. The SMILES string of the molecule is CC(=O)c1ccc(Nc2nc(C)cc(Nc3ccccc3C#N)n2)cc1. The molecular formula is C20H17N5O. The largest absolute Gasteiger partial charge is 0.339 e. The van der Waals surface area contributed by atoms with E-state index in [2.05, 4.69) is 26.7 Å². The molecule has 26 heavy (non-hydrogen) atoms. The van der Waals surface area contributed by atoms with Crippen LogP contribution in [0.15, 0.2) is 54.6 Å². The van der Waals surface area contributed by atoms with Crippen molar-refractivity contribution in [1.82, 2.24) is 9.97 Å². The second-order valence-electron chi connectivity index (χ2n) is 5.76. The van der Waals surface area contributed by atoms with Gasteiger partial charge in [0.2, 0.25) is 5.95 Å². The summed E-state index contributed by atoms with van der Waals surface area (Å²) in [5.41, 5.74) is 3.43. The van der Waals surface area contributed by atoms with Crippen molar-refractivity contribution in [1.29, 1.82) is 5.26 Å². The smallest absolute Gasteiger partial charge is 0.229 e. The number of aryl methyl sites for hydroxylation is 1. The van der Waals surface area contributed by atoms with E-state index in [1.807, 2.05) is 25.1 Å². The van der Waals surface area contributed by atoms with Crippen molar-refractivity contribution < 1.29 is 4.79 Å². The lowest BCUT2D eigenvalue weighted by Crippen LogP contribution is -2.03. The van der Waals surface area contributed by atoms with Crippen molar-refractivity contribution in [2.75, 3.05) is 10.6 Å². The number of hydrogen-bond acceptors (Lipinski definition) is 6. The quantitative estimate of drug-likeness (QED) is 0.669. The number of carbonyl (C=O) groups excluding carboxylic acids is 1. The molecule has 0 saturated carbocycles. The van der Waals surface area contributed by atoms with Gasteiger partial charge in [0, 0.05) is 23.0 Å². The van der Waals surface area contributed by atoms with Crippen LogP contribution in [0.25, 0.3) is 0 Å². The number of ketones is 1. The van der Waals surface area contributed by atoms with Crippen LogP contribution in [0.1, 0.15) is 28.5 Å². The van der Waals surface area contributed by atoms with Gasteiger partial charge in [-0.25, -0.2) is 4.98 Å². The third kappa shape index (κ3) is 4.02. The van der Waals surface area contributed by atoms with Crippen LogP contribution in [-0.2, 0) is 0 Å². The molecule has 0 aliphatic heterocycles. The van der Waals surface area contributed by atoms with Gasteiger partial charge in [-0.05, 0) is 50.2 Å². The van der Waals surface area contributed by atoms with Gasteiger partial charge < -0.3 is 10.6 Å². The van der Waals surface area contributed by atoms with Gasteiger partial charge in [0.1, 0.15) is 11.9 Å². The average molecular weight is 343 g/mol. The van der Waals surface area contributed by atoms with Crippen LogP contribution in [0.5, 0.6) is 0 Å². The summed E-state index contributed by atoms with van der Waals surface area (Å²) in [6, 6.07) is 18.3. The summed E-state index contributed by atoms with van der Waals surface area (Å²) >= 11 is 0. The number of nitrogens with zero attached hydrogens (tertiary/aromatic N) is 3. The number of benzene rings is 2. The Bertz CT molecular complexity index is 990. The molecule has 0 fully saturated rings. The Morgan fingerprint density at radius 3 is 2.46 bits per heavy atom. The molecule has 0 spiro atoms. The maximum atomic E-state index is 11.4. The fourth-order valence-corrected chi connectivity index (χ4v) is 2.43. The van der Waals surface area contributed by atoms with Crippen LogP contribution in [0, 0.1) is 18.3 Å². The van der Waals surface area contributed by atoms with Gasteiger partial charge in [0.15, 0.2) is 5.78 Å². The highest BCUT2D eigenvalue weighted by Gasteiger charge is 2.07. The third-order valence-corrected chi connectivity index (χ3v) is 3.71. The summed E-state index contributed by atoms with van der Waals surface area (Å²) in [6.07, 6.45) is 0. The van der Waals surface area contributed by atoms with Crippen LogP contribution in [0.3, 0.4) is 0 Å². The number of aromatic nitrogens is 2. The highest BCUT2D eigenvalue weighted by atomic mass is 16.1. The fourth-order valence-electron chi connectivity index (χ4n) is 2.43. The molecule has 0 radical (unpaired) electrons. The molecular weight excluding hydrogens is 326 g/mol. The first-order valence-corrected chi connectivity index (χ1v) is 8.05. The number of carbonyl (C=O) groups is 1. The van der Waals surface area contributed by atoms with Crippen LogP contribution in [-0.4, -0.2) is 15.8 Å². The fraction of sp³-hybridized carbons (Fsp3) is 0.100. The lowest BCUT2D eigenvalue weighted by Gasteiger charge is -2.11. The molecule has 0 saturated heterocycles. The van der Waals surface area contributed by atoms with Gasteiger partial charge in [-0.1, -0.05) is 12.1 Å². The third-order valence-electron chi connectivity index (χ3n) is 3.71. The molecule has 3 aromatic rings. The predicted octanol–water partition coefficient (Wildman–Crippen LogP) is 4.35. The van der Waals surface area contributed by atoms with Crippen LogP contribution in [0.2, 0.25) is 0 Å². The summed E-state index contributed by atoms with van der Waals surface area (Å²) in [7, 11) is 0. The molecule has 0 amide bonds. The second kappa shape index (κ2) is 7.45. The number of nitriles is 1. The van der Waals surface area contributed by atoms with Crippen LogP contribution in [0.4, 0.5) is 23.1 Å². The van der Waals surface area contributed by atoms with Crippen molar-refractivity contribution in [3.63, 3.8) is 0 Å². The monoisotopic (exact) mass is 343 g/mol. The number of hydrogen-bond donors (Lipinski definition) is 2. The van der Waals surface area contributed by atoms with Crippen molar-refractivity contribution in [2.45, 2.75) is 13.8 Å². The zero-order valence-electron chi connectivity index (χ0n) is 14.4. The van der Waals surface area contributed by atoms with Crippen LogP contribution >= 0.6 is 0 Å². The van der Waals surface area contributed by atoms with Crippen molar-refractivity contribution in [2.24, 2.45) is 0 Å². The minimum atomic E-state index is 0.0194. The van der Waals surface area contributed by atoms with E-state index >= 15 is 0 Å². The Morgan fingerprint density at radius 1 is 1.04 bits per heavy atom. The Balaban J connectivity index is 1.83. The molecule has 0 aliphatic rings. The molecule has 1 aromatic heterocycles. The van der Waals surface area contributed by atoms with Gasteiger partial charge in [-0.2, -0.15) is 10.2 Å². The minimum Gasteiger partial charge on any atom is -0.339 e. The van der Waals surface area contributed by atoms with E-state index in [4.69, 9.17) is 0 Å². The highest BCUT2D eigenvalue weighted by molar-refractivity contribution is 5.94. The molecule has 1 heterocycles. The van der Waals surface area contributed by atoms with Gasteiger partial charge in [0.25, 0.3) is 0 Å². The van der Waals surface area contributed by atoms with Gasteiger partial charge in [-0.15, -0.1) is 0 Å². The van der Waals surface area contributed by atoms with E-state index in [0.717, 1.165) is 11.4 Å². The van der Waals surface area contributed by atoms with Gasteiger partial charge in [-0.3, -0.25) is 4.79 Å².